The van der Waals surface area contributed by atoms with Crippen molar-refractivity contribution in [2.45, 2.75) is 53.0 Å². The molecule has 0 aliphatic rings. The Balaban J connectivity index is 2.07. The van der Waals surface area contributed by atoms with Crippen molar-refractivity contribution < 1.29 is 14.0 Å². The Bertz CT molecular complexity index is 726. The van der Waals surface area contributed by atoms with Gasteiger partial charge in [0.15, 0.2) is 0 Å². The van der Waals surface area contributed by atoms with Crippen molar-refractivity contribution in [2.75, 3.05) is 19.6 Å². The molecule has 0 fully saturated rings. The number of carbonyl (C=O) groups is 2. The molecular weight excluding hydrogens is 364 g/mol. The molecule has 0 N–H and O–H groups in total. The summed E-state index contributed by atoms with van der Waals surface area (Å²) in [6.07, 6.45) is 4.71. The van der Waals surface area contributed by atoms with E-state index in [2.05, 4.69) is 32.9 Å². The van der Waals surface area contributed by atoms with E-state index in [0.29, 0.717) is 32.0 Å². The third-order valence-corrected chi connectivity index (χ3v) is 4.80. The lowest BCUT2D eigenvalue weighted by atomic mass is 10.1. The van der Waals surface area contributed by atoms with E-state index in [-0.39, 0.29) is 18.4 Å². The summed E-state index contributed by atoms with van der Waals surface area (Å²) >= 11 is 0. The number of rotatable bonds is 12. The van der Waals surface area contributed by atoms with Crippen LogP contribution in [-0.2, 0) is 22.6 Å². The van der Waals surface area contributed by atoms with Crippen molar-refractivity contribution in [1.82, 2.24) is 9.80 Å². The Kier molecular flexibility index (Phi) is 9.48. The molecule has 0 bridgehead atoms. The maximum absolute atomic E-state index is 13.2. The van der Waals surface area contributed by atoms with Crippen LogP contribution in [0.2, 0.25) is 0 Å². The van der Waals surface area contributed by atoms with Crippen molar-refractivity contribution in [3.05, 3.63) is 60.1 Å². The van der Waals surface area contributed by atoms with E-state index in [4.69, 9.17) is 4.42 Å². The highest BCUT2D eigenvalue weighted by Crippen LogP contribution is 2.11. The van der Waals surface area contributed by atoms with Crippen LogP contribution in [0.4, 0.5) is 0 Å². The molecule has 2 amide bonds. The van der Waals surface area contributed by atoms with Gasteiger partial charge in [-0.05, 0) is 36.5 Å². The smallest absolute Gasteiger partial charge is 0.242 e. The fraction of sp³-hybridized carbons (Fsp3) is 0.500. The van der Waals surface area contributed by atoms with E-state index in [1.807, 2.05) is 30.3 Å². The lowest BCUT2D eigenvalue weighted by molar-refractivity contribution is -0.141. The topological polar surface area (TPSA) is 53.8 Å². The molecule has 0 atom stereocenters. The number of nitrogens with zero attached hydrogens (tertiary/aromatic N) is 2. The number of benzene rings is 1. The van der Waals surface area contributed by atoms with Gasteiger partial charge in [0.2, 0.25) is 11.8 Å². The quantitative estimate of drug-likeness (QED) is 0.528. The molecule has 1 aromatic carbocycles. The number of hydrogen-bond acceptors (Lipinski definition) is 3. The fourth-order valence-electron chi connectivity index (χ4n) is 3.24. The second-order valence-electron chi connectivity index (χ2n) is 7.90. The average Bonchev–Trinajstić information content (AvgIpc) is 3.22. The molecule has 29 heavy (non-hydrogen) atoms. The summed E-state index contributed by atoms with van der Waals surface area (Å²) in [7, 11) is 0. The molecule has 0 saturated carbocycles. The highest BCUT2D eigenvalue weighted by Gasteiger charge is 2.22. The van der Waals surface area contributed by atoms with Gasteiger partial charge in [0, 0.05) is 19.5 Å². The summed E-state index contributed by atoms with van der Waals surface area (Å²) in [5.41, 5.74) is 1.18. The van der Waals surface area contributed by atoms with Crippen LogP contribution in [0.15, 0.2) is 53.1 Å². The van der Waals surface area contributed by atoms with Crippen LogP contribution in [0.5, 0.6) is 0 Å². The molecule has 0 aliphatic heterocycles. The maximum atomic E-state index is 13.2. The zero-order chi connectivity index (χ0) is 21.1. The molecule has 0 saturated heterocycles. The molecule has 0 spiro atoms. The summed E-state index contributed by atoms with van der Waals surface area (Å²) in [5.74, 6) is 1.09. The van der Waals surface area contributed by atoms with Crippen LogP contribution in [-0.4, -0.2) is 41.2 Å². The SMILES string of the molecule is CCCCC(=O)N(CC(=O)N(CCc1ccccc1)Cc1ccco1)CC(C)C. The third-order valence-electron chi connectivity index (χ3n) is 4.80. The molecular formula is C24H34N2O3. The minimum atomic E-state index is -0.0390. The average molecular weight is 399 g/mol. The van der Waals surface area contributed by atoms with Crippen molar-refractivity contribution in [1.29, 1.82) is 0 Å². The van der Waals surface area contributed by atoms with Gasteiger partial charge in [-0.2, -0.15) is 0 Å². The normalized spacial score (nSPS) is 10.9. The largest absolute Gasteiger partial charge is 0.467 e. The first kappa shape index (κ1) is 22.7. The third kappa shape index (κ3) is 8.14. The molecule has 158 valence electrons. The Morgan fingerprint density at radius 2 is 1.76 bits per heavy atom. The lowest BCUT2D eigenvalue weighted by Crippen LogP contribution is -2.44. The van der Waals surface area contributed by atoms with E-state index >= 15 is 0 Å². The van der Waals surface area contributed by atoms with E-state index in [9.17, 15) is 9.59 Å². The van der Waals surface area contributed by atoms with Gasteiger partial charge < -0.3 is 14.2 Å². The highest BCUT2D eigenvalue weighted by molar-refractivity contribution is 5.84. The standard InChI is InChI=1S/C24H34N2O3/c1-4-5-13-23(27)26(17-20(2)3)19-24(28)25(18-22-12-9-16-29-22)15-14-21-10-7-6-8-11-21/h6-12,16,20H,4-5,13-15,17-19H2,1-3H3. The minimum Gasteiger partial charge on any atom is -0.467 e. The second kappa shape index (κ2) is 12.1. The van der Waals surface area contributed by atoms with Crippen LogP contribution in [0.3, 0.4) is 0 Å². The molecule has 5 heteroatoms. The molecule has 1 heterocycles. The number of hydrogen-bond donors (Lipinski definition) is 0. The number of amides is 2. The van der Waals surface area contributed by atoms with Gasteiger partial charge in [0.1, 0.15) is 5.76 Å². The zero-order valence-electron chi connectivity index (χ0n) is 18.0. The van der Waals surface area contributed by atoms with Gasteiger partial charge in [-0.15, -0.1) is 0 Å². The first-order valence-electron chi connectivity index (χ1n) is 10.6. The molecule has 2 aromatic rings. The molecule has 5 nitrogen and oxygen atoms in total. The first-order chi connectivity index (χ1) is 14.0. The maximum Gasteiger partial charge on any atom is 0.242 e. The van der Waals surface area contributed by atoms with E-state index in [0.717, 1.165) is 25.0 Å². The van der Waals surface area contributed by atoms with Crippen molar-refractivity contribution in [3.63, 3.8) is 0 Å². The monoisotopic (exact) mass is 398 g/mol. The Morgan fingerprint density at radius 3 is 2.38 bits per heavy atom. The molecule has 0 radical (unpaired) electrons. The van der Waals surface area contributed by atoms with E-state index in [1.165, 1.54) is 5.56 Å². The lowest BCUT2D eigenvalue weighted by Gasteiger charge is -2.28. The molecule has 0 unspecified atom stereocenters. The molecule has 0 aliphatic carbocycles. The number of furan rings is 1. The number of carbonyl (C=O) groups excluding carboxylic acids is 2. The predicted octanol–water partition coefficient (Wildman–Crippen LogP) is 4.53. The predicted molar refractivity (Wildman–Crippen MR) is 115 cm³/mol. The summed E-state index contributed by atoms with van der Waals surface area (Å²) in [6, 6.07) is 13.8. The van der Waals surface area contributed by atoms with Crippen LogP contribution in [0.25, 0.3) is 0 Å². The Labute approximate surface area is 174 Å². The van der Waals surface area contributed by atoms with E-state index < -0.39 is 0 Å². The van der Waals surface area contributed by atoms with Gasteiger partial charge in [0.05, 0.1) is 19.4 Å². The highest BCUT2D eigenvalue weighted by atomic mass is 16.3. The zero-order valence-corrected chi connectivity index (χ0v) is 18.0. The van der Waals surface area contributed by atoms with Crippen LogP contribution in [0.1, 0.15) is 51.4 Å². The van der Waals surface area contributed by atoms with E-state index in [1.54, 1.807) is 16.1 Å². The number of unbranched alkanes of at least 4 members (excludes halogenated alkanes) is 1. The van der Waals surface area contributed by atoms with Crippen LogP contribution in [0, 0.1) is 5.92 Å². The second-order valence-corrected chi connectivity index (χ2v) is 7.90. The summed E-state index contributed by atoms with van der Waals surface area (Å²) in [6.45, 7) is 7.93. The molecule has 2 rings (SSSR count). The minimum absolute atomic E-state index is 0.0390. The van der Waals surface area contributed by atoms with Gasteiger partial charge in [0.25, 0.3) is 0 Å². The van der Waals surface area contributed by atoms with Gasteiger partial charge in [-0.25, -0.2) is 0 Å². The van der Waals surface area contributed by atoms with Gasteiger partial charge >= 0.3 is 0 Å². The van der Waals surface area contributed by atoms with Gasteiger partial charge in [-0.1, -0.05) is 57.5 Å². The van der Waals surface area contributed by atoms with Crippen molar-refractivity contribution >= 4 is 11.8 Å². The Morgan fingerprint density at radius 1 is 1.00 bits per heavy atom. The van der Waals surface area contributed by atoms with Crippen LogP contribution < -0.4 is 0 Å². The fourth-order valence-corrected chi connectivity index (χ4v) is 3.24. The summed E-state index contributed by atoms with van der Waals surface area (Å²) < 4.78 is 5.46. The van der Waals surface area contributed by atoms with Crippen molar-refractivity contribution in [3.8, 4) is 0 Å². The van der Waals surface area contributed by atoms with Crippen molar-refractivity contribution in [2.24, 2.45) is 5.92 Å². The molecule has 1 aromatic heterocycles. The van der Waals surface area contributed by atoms with Crippen LogP contribution >= 0.6 is 0 Å². The first-order valence-corrected chi connectivity index (χ1v) is 10.6. The summed E-state index contributed by atoms with van der Waals surface area (Å²) in [5, 5.41) is 0. The van der Waals surface area contributed by atoms with Gasteiger partial charge in [-0.3, -0.25) is 9.59 Å². The summed E-state index contributed by atoms with van der Waals surface area (Å²) in [4.78, 5) is 29.3. The Hall–Kier alpha value is -2.56.